The first kappa shape index (κ1) is 8.75. The van der Waals surface area contributed by atoms with E-state index in [0.29, 0.717) is 5.56 Å². The lowest BCUT2D eigenvalue weighted by Gasteiger charge is -2.03. The van der Waals surface area contributed by atoms with Gasteiger partial charge < -0.3 is 0 Å². The molecule has 2 rings (SSSR count). The Morgan fingerprint density at radius 1 is 1.07 bits per heavy atom. The fraction of sp³-hybridized carbons (Fsp3) is 0.0833. The Labute approximate surface area is 82.8 Å². The topological polar surface area (TPSA) is 22.0 Å². The summed E-state index contributed by atoms with van der Waals surface area (Å²) in [5.41, 5.74) is 1.67. The summed E-state index contributed by atoms with van der Waals surface area (Å²) in [6.07, 6.45) is 1.78. The van der Waals surface area contributed by atoms with E-state index in [9.17, 15) is 4.79 Å². The number of carbonyl (C=O) groups excluding carboxylic acids is 1. The SMILES string of the molecule is Cc1cccn1C(=O)c1ccccc1. The molecule has 0 spiro atoms. The van der Waals surface area contributed by atoms with Gasteiger partial charge in [-0.1, -0.05) is 18.2 Å². The molecule has 0 saturated carbocycles. The molecule has 0 fully saturated rings. The lowest BCUT2D eigenvalue weighted by molar-refractivity contribution is 0.0958. The van der Waals surface area contributed by atoms with Crippen molar-refractivity contribution in [1.29, 1.82) is 0 Å². The van der Waals surface area contributed by atoms with E-state index in [1.165, 1.54) is 0 Å². The Kier molecular flexibility index (Phi) is 2.19. The summed E-state index contributed by atoms with van der Waals surface area (Å²) in [5, 5.41) is 0. The number of hydrogen-bond acceptors (Lipinski definition) is 1. The molecule has 1 aromatic carbocycles. The predicted molar refractivity (Wildman–Crippen MR) is 55.3 cm³/mol. The zero-order valence-corrected chi connectivity index (χ0v) is 7.97. The van der Waals surface area contributed by atoms with E-state index in [1.807, 2.05) is 49.4 Å². The van der Waals surface area contributed by atoms with Crippen LogP contribution in [0.25, 0.3) is 0 Å². The third-order valence-electron chi connectivity index (χ3n) is 2.19. The molecule has 14 heavy (non-hydrogen) atoms. The van der Waals surface area contributed by atoms with Gasteiger partial charge in [-0.3, -0.25) is 9.36 Å². The van der Waals surface area contributed by atoms with Crippen LogP contribution in [0.2, 0.25) is 0 Å². The molecule has 0 aliphatic rings. The summed E-state index contributed by atoms with van der Waals surface area (Å²) < 4.78 is 1.65. The van der Waals surface area contributed by atoms with Crippen molar-refractivity contribution in [1.82, 2.24) is 4.57 Å². The summed E-state index contributed by atoms with van der Waals surface area (Å²) in [5.74, 6) is 0.0214. The molecular formula is C12H11NO. The molecule has 0 bridgehead atoms. The van der Waals surface area contributed by atoms with Crippen molar-refractivity contribution in [3.05, 3.63) is 59.9 Å². The highest BCUT2D eigenvalue weighted by Gasteiger charge is 2.07. The van der Waals surface area contributed by atoms with Crippen LogP contribution in [0.1, 0.15) is 16.1 Å². The lowest BCUT2D eigenvalue weighted by Crippen LogP contribution is -2.11. The van der Waals surface area contributed by atoms with Crippen molar-refractivity contribution in [2.75, 3.05) is 0 Å². The zero-order chi connectivity index (χ0) is 9.97. The van der Waals surface area contributed by atoms with Crippen molar-refractivity contribution in [3.63, 3.8) is 0 Å². The maximum Gasteiger partial charge on any atom is 0.262 e. The third kappa shape index (κ3) is 1.46. The van der Waals surface area contributed by atoms with Gasteiger partial charge in [0.15, 0.2) is 0 Å². The van der Waals surface area contributed by atoms with Gasteiger partial charge >= 0.3 is 0 Å². The van der Waals surface area contributed by atoms with E-state index >= 15 is 0 Å². The molecule has 0 N–H and O–H groups in total. The molecule has 1 aromatic heterocycles. The summed E-state index contributed by atoms with van der Waals surface area (Å²) in [7, 11) is 0. The first-order valence-corrected chi connectivity index (χ1v) is 4.53. The minimum absolute atomic E-state index is 0.0214. The fourth-order valence-electron chi connectivity index (χ4n) is 1.41. The van der Waals surface area contributed by atoms with Crippen LogP contribution in [0.3, 0.4) is 0 Å². The molecule has 0 atom stereocenters. The van der Waals surface area contributed by atoms with Crippen LogP contribution >= 0.6 is 0 Å². The average molecular weight is 185 g/mol. The van der Waals surface area contributed by atoms with Gasteiger partial charge in [0.05, 0.1) is 0 Å². The zero-order valence-electron chi connectivity index (χ0n) is 7.97. The van der Waals surface area contributed by atoms with Gasteiger partial charge in [-0.05, 0) is 31.2 Å². The van der Waals surface area contributed by atoms with Gasteiger partial charge in [0.25, 0.3) is 5.91 Å². The Morgan fingerprint density at radius 3 is 2.36 bits per heavy atom. The Morgan fingerprint density at radius 2 is 1.79 bits per heavy atom. The Balaban J connectivity index is 2.39. The predicted octanol–water partition coefficient (Wildman–Crippen LogP) is 2.49. The van der Waals surface area contributed by atoms with Crippen LogP contribution in [-0.2, 0) is 0 Å². The first-order valence-electron chi connectivity index (χ1n) is 4.53. The number of nitrogens with zero attached hydrogens (tertiary/aromatic N) is 1. The minimum atomic E-state index is 0.0214. The molecule has 2 aromatic rings. The molecule has 0 unspecified atom stereocenters. The fourth-order valence-corrected chi connectivity index (χ4v) is 1.41. The van der Waals surface area contributed by atoms with Crippen molar-refractivity contribution >= 4 is 5.91 Å². The average Bonchev–Trinajstić information content (AvgIpc) is 2.65. The van der Waals surface area contributed by atoms with E-state index in [2.05, 4.69) is 0 Å². The van der Waals surface area contributed by atoms with E-state index in [0.717, 1.165) is 5.69 Å². The molecule has 0 aliphatic heterocycles. The minimum Gasteiger partial charge on any atom is -0.288 e. The normalized spacial score (nSPS) is 10.1. The second-order valence-corrected chi connectivity index (χ2v) is 3.19. The van der Waals surface area contributed by atoms with Gasteiger partial charge in [-0.25, -0.2) is 0 Å². The molecule has 1 heterocycles. The number of carbonyl (C=O) groups is 1. The van der Waals surface area contributed by atoms with Gasteiger partial charge in [-0.15, -0.1) is 0 Å². The summed E-state index contributed by atoms with van der Waals surface area (Å²) in [6.45, 7) is 1.92. The molecular weight excluding hydrogens is 174 g/mol. The third-order valence-corrected chi connectivity index (χ3v) is 2.19. The molecule has 0 amide bonds. The van der Waals surface area contributed by atoms with E-state index in [-0.39, 0.29) is 5.91 Å². The highest BCUT2D eigenvalue weighted by atomic mass is 16.2. The molecule has 0 radical (unpaired) electrons. The molecule has 70 valence electrons. The van der Waals surface area contributed by atoms with Crippen molar-refractivity contribution in [3.8, 4) is 0 Å². The van der Waals surface area contributed by atoms with Gasteiger partial charge in [0.2, 0.25) is 0 Å². The van der Waals surface area contributed by atoms with Crippen molar-refractivity contribution in [2.24, 2.45) is 0 Å². The summed E-state index contributed by atoms with van der Waals surface area (Å²) in [4.78, 5) is 11.9. The van der Waals surface area contributed by atoms with Crippen LogP contribution in [0.5, 0.6) is 0 Å². The van der Waals surface area contributed by atoms with Gasteiger partial charge in [0.1, 0.15) is 0 Å². The highest BCUT2D eigenvalue weighted by molar-refractivity contribution is 5.96. The standard InChI is InChI=1S/C12H11NO/c1-10-6-5-9-13(10)12(14)11-7-3-2-4-8-11/h2-9H,1H3. The number of aromatic nitrogens is 1. The van der Waals surface area contributed by atoms with Gasteiger partial charge in [0, 0.05) is 17.5 Å². The smallest absolute Gasteiger partial charge is 0.262 e. The van der Waals surface area contributed by atoms with Crippen LogP contribution < -0.4 is 0 Å². The number of rotatable bonds is 1. The molecule has 0 saturated heterocycles. The van der Waals surface area contributed by atoms with Gasteiger partial charge in [-0.2, -0.15) is 0 Å². The second-order valence-electron chi connectivity index (χ2n) is 3.19. The largest absolute Gasteiger partial charge is 0.288 e. The summed E-state index contributed by atoms with van der Waals surface area (Å²) in [6, 6.07) is 13.1. The van der Waals surface area contributed by atoms with Crippen molar-refractivity contribution in [2.45, 2.75) is 6.92 Å². The van der Waals surface area contributed by atoms with Crippen LogP contribution in [0.4, 0.5) is 0 Å². The monoisotopic (exact) mass is 185 g/mol. The van der Waals surface area contributed by atoms with Crippen LogP contribution in [0, 0.1) is 6.92 Å². The first-order chi connectivity index (χ1) is 6.79. The maximum atomic E-state index is 11.9. The Hall–Kier alpha value is -1.83. The number of benzene rings is 1. The quantitative estimate of drug-likeness (QED) is 0.669. The van der Waals surface area contributed by atoms with Crippen LogP contribution in [-0.4, -0.2) is 10.5 Å². The maximum absolute atomic E-state index is 11.9. The number of aryl methyl sites for hydroxylation is 1. The van der Waals surface area contributed by atoms with Crippen molar-refractivity contribution < 1.29 is 4.79 Å². The summed E-state index contributed by atoms with van der Waals surface area (Å²) >= 11 is 0. The number of hydrogen-bond donors (Lipinski definition) is 0. The molecule has 2 heteroatoms. The van der Waals surface area contributed by atoms with E-state index in [4.69, 9.17) is 0 Å². The molecule has 0 aliphatic carbocycles. The molecule has 2 nitrogen and oxygen atoms in total. The van der Waals surface area contributed by atoms with E-state index in [1.54, 1.807) is 10.8 Å². The van der Waals surface area contributed by atoms with Crippen LogP contribution in [0.15, 0.2) is 48.7 Å². The Bertz CT molecular complexity index is 442. The lowest BCUT2D eigenvalue weighted by atomic mass is 10.2. The highest BCUT2D eigenvalue weighted by Crippen LogP contribution is 2.06. The second kappa shape index (κ2) is 3.50. The van der Waals surface area contributed by atoms with E-state index < -0.39 is 0 Å².